The molecule has 2 nitrogen and oxygen atoms in total. The summed E-state index contributed by atoms with van der Waals surface area (Å²) in [7, 11) is 0. The molecule has 2 aromatic rings. The lowest BCUT2D eigenvalue weighted by Gasteiger charge is -2.36. The summed E-state index contributed by atoms with van der Waals surface area (Å²) in [5.74, 6) is 1.00. The number of nitrogens with zero attached hydrogens (tertiary/aromatic N) is 2. The third-order valence-corrected chi connectivity index (χ3v) is 5.57. The molecule has 4 heteroatoms. The summed E-state index contributed by atoms with van der Waals surface area (Å²) in [5.41, 5.74) is 2.45. The number of thioether (sulfide) groups is 1. The van der Waals surface area contributed by atoms with Crippen LogP contribution in [0.15, 0.2) is 53.4 Å². The number of hydrogen-bond donors (Lipinski definition) is 0. The SMILES string of the molecule is Cc1ccc(SCCCN2CCN(c3ccc(F)cc3)CC2)cc1. The van der Waals surface area contributed by atoms with Gasteiger partial charge in [0.25, 0.3) is 0 Å². The summed E-state index contributed by atoms with van der Waals surface area (Å²) < 4.78 is 13.0. The average Bonchev–Trinajstić information content (AvgIpc) is 2.62. The highest BCUT2D eigenvalue weighted by Gasteiger charge is 2.16. The van der Waals surface area contributed by atoms with Crippen LogP contribution < -0.4 is 4.90 Å². The van der Waals surface area contributed by atoms with E-state index >= 15 is 0 Å². The fourth-order valence-corrected chi connectivity index (χ4v) is 3.83. The van der Waals surface area contributed by atoms with Crippen molar-refractivity contribution >= 4 is 17.4 Å². The molecule has 2 aromatic carbocycles. The van der Waals surface area contributed by atoms with E-state index in [1.807, 2.05) is 23.9 Å². The molecule has 128 valence electrons. The smallest absolute Gasteiger partial charge is 0.123 e. The normalized spacial score (nSPS) is 15.7. The molecule has 0 radical (unpaired) electrons. The summed E-state index contributed by atoms with van der Waals surface area (Å²) >= 11 is 1.94. The Balaban J connectivity index is 1.35. The summed E-state index contributed by atoms with van der Waals surface area (Å²) in [4.78, 5) is 6.24. The maximum absolute atomic E-state index is 13.0. The van der Waals surface area contributed by atoms with Gasteiger partial charge in [-0.05, 0) is 62.0 Å². The van der Waals surface area contributed by atoms with Gasteiger partial charge in [0.1, 0.15) is 5.82 Å². The second-order valence-electron chi connectivity index (χ2n) is 6.32. The second-order valence-corrected chi connectivity index (χ2v) is 7.49. The molecule has 1 aliphatic heterocycles. The van der Waals surface area contributed by atoms with Crippen LogP contribution in [0, 0.1) is 12.7 Å². The van der Waals surface area contributed by atoms with Crippen molar-refractivity contribution in [3.8, 4) is 0 Å². The van der Waals surface area contributed by atoms with Gasteiger partial charge in [-0.3, -0.25) is 4.90 Å². The molecule has 1 heterocycles. The lowest BCUT2D eigenvalue weighted by Crippen LogP contribution is -2.46. The first-order valence-electron chi connectivity index (χ1n) is 8.63. The van der Waals surface area contributed by atoms with Crippen LogP contribution in [0.1, 0.15) is 12.0 Å². The molecule has 0 amide bonds. The molecule has 0 spiro atoms. The predicted molar refractivity (Wildman–Crippen MR) is 102 cm³/mol. The van der Waals surface area contributed by atoms with Crippen LogP contribution in [-0.4, -0.2) is 43.4 Å². The summed E-state index contributed by atoms with van der Waals surface area (Å²) in [6.45, 7) is 7.52. The molecule has 24 heavy (non-hydrogen) atoms. The van der Waals surface area contributed by atoms with E-state index in [-0.39, 0.29) is 5.82 Å². The maximum Gasteiger partial charge on any atom is 0.123 e. The molecule has 0 aromatic heterocycles. The standard InChI is InChI=1S/C20H25FN2S/c1-17-3-9-20(10-4-17)24-16-2-11-22-12-14-23(15-13-22)19-7-5-18(21)6-8-19/h3-10H,2,11-16H2,1H3. The van der Waals surface area contributed by atoms with E-state index in [1.54, 1.807) is 12.1 Å². The molecule has 3 rings (SSSR count). The largest absolute Gasteiger partial charge is 0.369 e. The first kappa shape index (κ1) is 17.3. The quantitative estimate of drug-likeness (QED) is 0.565. The molecule has 0 saturated carbocycles. The van der Waals surface area contributed by atoms with E-state index in [0.29, 0.717) is 0 Å². The van der Waals surface area contributed by atoms with E-state index in [2.05, 4.69) is 41.0 Å². The van der Waals surface area contributed by atoms with Crippen molar-refractivity contribution < 1.29 is 4.39 Å². The molecular formula is C20H25FN2S. The maximum atomic E-state index is 13.0. The highest BCUT2D eigenvalue weighted by molar-refractivity contribution is 7.99. The van der Waals surface area contributed by atoms with Crippen molar-refractivity contribution in [2.24, 2.45) is 0 Å². The Morgan fingerprint density at radius 1 is 0.917 bits per heavy atom. The summed E-state index contributed by atoms with van der Waals surface area (Å²) in [5, 5.41) is 0. The number of aryl methyl sites for hydroxylation is 1. The van der Waals surface area contributed by atoms with Crippen molar-refractivity contribution in [3.05, 3.63) is 59.9 Å². The van der Waals surface area contributed by atoms with E-state index in [4.69, 9.17) is 0 Å². The topological polar surface area (TPSA) is 6.48 Å². The van der Waals surface area contributed by atoms with Crippen LogP contribution in [0.2, 0.25) is 0 Å². The third-order valence-electron chi connectivity index (χ3n) is 4.47. The van der Waals surface area contributed by atoms with Crippen molar-refractivity contribution in [1.29, 1.82) is 0 Å². The zero-order valence-corrected chi connectivity index (χ0v) is 15.1. The third kappa shape index (κ3) is 4.99. The first-order valence-corrected chi connectivity index (χ1v) is 9.61. The average molecular weight is 344 g/mol. The zero-order chi connectivity index (χ0) is 16.8. The van der Waals surface area contributed by atoms with E-state index in [1.165, 1.54) is 22.6 Å². The molecule has 1 aliphatic rings. The van der Waals surface area contributed by atoms with E-state index < -0.39 is 0 Å². The van der Waals surface area contributed by atoms with Gasteiger partial charge < -0.3 is 4.90 Å². The Bertz CT molecular complexity index is 619. The Morgan fingerprint density at radius 3 is 2.25 bits per heavy atom. The van der Waals surface area contributed by atoms with Crippen molar-refractivity contribution in [2.75, 3.05) is 43.4 Å². The Hall–Kier alpha value is -1.52. The van der Waals surface area contributed by atoms with Crippen molar-refractivity contribution in [3.63, 3.8) is 0 Å². The van der Waals surface area contributed by atoms with Gasteiger partial charge in [-0.2, -0.15) is 0 Å². The molecule has 0 aliphatic carbocycles. The zero-order valence-electron chi connectivity index (χ0n) is 14.2. The second kappa shape index (κ2) is 8.54. The van der Waals surface area contributed by atoms with Crippen molar-refractivity contribution in [1.82, 2.24) is 4.90 Å². The highest BCUT2D eigenvalue weighted by atomic mass is 32.2. The number of benzene rings is 2. The minimum Gasteiger partial charge on any atom is -0.369 e. The lowest BCUT2D eigenvalue weighted by molar-refractivity contribution is 0.259. The lowest BCUT2D eigenvalue weighted by atomic mass is 10.2. The number of anilines is 1. The van der Waals surface area contributed by atoms with Gasteiger partial charge >= 0.3 is 0 Å². The minimum atomic E-state index is -0.163. The number of halogens is 1. The molecule has 0 unspecified atom stereocenters. The van der Waals surface area contributed by atoms with Gasteiger partial charge in [0, 0.05) is 36.8 Å². The Kier molecular flexibility index (Phi) is 6.16. The fourth-order valence-electron chi connectivity index (χ4n) is 2.99. The molecule has 1 saturated heterocycles. The number of rotatable bonds is 6. The molecule has 0 N–H and O–H groups in total. The Labute approximate surface area is 148 Å². The van der Waals surface area contributed by atoms with Crippen LogP contribution >= 0.6 is 11.8 Å². The van der Waals surface area contributed by atoms with Gasteiger partial charge in [0.15, 0.2) is 0 Å². The highest BCUT2D eigenvalue weighted by Crippen LogP contribution is 2.20. The van der Waals surface area contributed by atoms with Crippen molar-refractivity contribution in [2.45, 2.75) is 18.2 Å². The fraction of sp³-hybridized carbons (Fsp3) is 0.400. The minimum absolute atomic E-state index is 0.163. The van der Waals surface area contributed by atoms with Crippen LogP contribution in [0.25, 0.3) is 0 Å². The number of hydrogen-bond acceptors (Lipinski definition) is 3. The number of piperazine rings is 1. The monoisotopic (exact) mass is 344 g/mol. The molecule has 0 bridgehead atoms. The predicted octanol–water partition coefficient (Wildman–Crippen LogP) is 4.44. The van der Waals surface area contributed by atoms with E-state index in [9.17, 15) is 4.39 Å². The molecule has 1 fully saturated rings. The summed E-state index contributed by atoms with van der Waals surface area (Å²) in [6.07, 6.45) is 1.22. The van der Waals surface area contributed by atoms with Gasteiger partial charge in [-0.1, -0.05) is 17.7 Å². The van der Waals surface area contributed by atoms with Gasteiger partial charge in [-0.25, -0.2) is 4.39 Å². The van der Waals surface area contributed by atoms with Gasteiger partial charge in [-0.15, -0.1) is 11.8 Å². The van der Waals surface area contributed by atoms with Crippen LogP contribution in [-0.2, 0) is 0 Å². The van der Waals surface area contributed by atoms with Gasteiger partial charge in [0.05, 0.1) is 0 Å². The summed E-state index contributed by atoms with van der Waals surface area (Å²) in [6, 6.07) is 15.6. The van der Waals surface area contributed by atoms with Crippen LogP contribution in [0.3, 0.4) is 0 Å². The van der Waals surface area contributed by atoms with E-state index in [0.717, 1.165) is 38.4 Å². The van der Waals surface area contributed by atoms with Crippen LogP contribution in [0.5, 0.6) is 0 Å². The molecule has 0 atom stereocenters. The van der Waals surface area contributed by atoms with Crippen LogP contribution in [0.4, 0.5) is 10.1 Å². The molecular weight excluding hydrogens is 319 g/mol. The Morgan fingerprint density at radius 2 is 1.58 bits per heavy atom. The first-order chi connectivity index (χ1) is 11.7. The van der Waals surface area contributed by atoms with Gasteiger partial charge in [0.2, 0.25) is 0 Å².